The molecule has 0 N–H and O–H groups in total. The highest BCUT2D eigenvalue weighted by atomic mass is 32.2. The van der Waals surface area contributed by atoms with Gasteiger partial charge < -0.3 is 14.4 Å². The number of piperazine rings is 1. The van der Waals surface area contributed by atoms with Crippen molar-refractivity contribution in [3.05, 3.63) is 18.2 Å². The van der Waals surface area contributed by atoms with Crippen LogP contribution in [0.25, 0.3) is 0 Å². The van der Waals surface area contributed by atoms with E-state index in [2.05, 4.69) is 4.90 Å². The Hall–Kier alpha value is -1.47. The van der Waals surface area contributed by atoms with E-state index < -0.39 is 10.0 Å². The van der Waals surface area contributed by atoms with Crippen molar-refractivity contribution in [2.24, 2.45) is 0 Å². The van der Waals surface area contributed by atoms with Gasteiger partial charge in [0.1, 0.15) is 11.5 Å². The van der Waals surface area contributed by atoms with Crippen molar-refractivity contribution in [2.75, 3.05) is 51.6 Å². The van der Waals surface area contributed by atoms with Gasteiger partial charge in [-0.2, -0.15) is 4.31 Å². The highest BCUT2D eigenvalue weighted by Crippen LogP contribution is 2.32. The van der Waals surface area contributed by atoms with Gasteiger partial charge in [0.05, 0.1) is 26.2 Å². The molecule has 1 saturated heterocycles. The zero-order valence-corrected chi connectivity index (χ0v) is 12.8. The SMILES string of the molecule is COc1ccc(N2CCN(S(C)(=O)=O)CC2)c(OC)c1. The minimum atomic E-state index is -3.10. The van der Waals surface area contributed by atoms with Gasteiger partial charge in [-0.3, -0.25) is 0 Å². The molecule has 112 valence electrons. The molecule has 0 saturated carbocycles. The first-order valence-electron chi connectivity index (χ1n) is 6.38. The van der Waals surface area contributed by atoms with E-state index >= 15 is 0 Å². The van der Waals surface area contributed by atoms with Crippen LogP contribution in [0.1, 0.15) is 0 Å². The molecule has 0 radical (unpaired) electrons. The molecule has 0 atom stereocenters. The number of benzene rings is 1. The summed E-state index contributed by atoms with van der Waals surface area (Å²) < 4.78 is 35.1. The molecule has 7 heteroatoms. The van der Waals surface area contributed by atoms with Crippen molar-refractivity contribution in [3.8, 4) is 11.5 Å². The van der Waals surface area contributed by atoms with Gasteiger partial charge in [0, 0.05) is 32.2 Å². The third-order valence-corrected chi connectivity index (χ3v) is 4.74. The maximum absolute atomic E-state index is 11.5. The molecule has 0 bridgehead atoms. The number of hydrogen-bond acceptors (Lipinski definition) is 5. The predicted molar refractivity (Wildman–Crippen MR) is 78.2 cm³/mol. The largest absolute Gasteiger partial charge is 0.497 e. The molecular formula is C13H20N2O4S. The van der Waals surface area contributed by atoms with Crippen molar-refractivity contribution in [1.82, 2.24) is 4.31 Å². The highest BCUT2D eigenvalue weighted by Gasteiger charge is 2.24. The highest BCUT2D eigenvalue weighted by molar-refractivity contribution is 7.88. The van der Waals surface area contributed by atoms with Crippen molar-refractivity contribution in [1.29, 1.82) is 0 Å². The fraction of sp³-hybridized carbons (Fsp3) is 0.538. The molecule has 1 aliphatic heterocycles. The van der Waals surface area contributed by atoms with Gasteiger partial charge >= 0.3 is 0 Å². The van der Waals surface area contributed by atoms with E-state index in [1.165, 1.54) is 10.6 Å². The first-order valence-corrected chi connectivity index (χ1v) is 8.22. The third-order valence-electron chi connectivity index (χ3n) is 3.44. The summed E-state index contributed by atoms with van der Waals surface area (Å²) in [5.74, 6) is 1.47. The van der Waals surface area contributed by atoms with Crippen LogP contribution in [0.15, 0.2) is 18.2 Å². The van der Waals surface area contributed by atoms with Crippen LogP contribution in [-0.2, 0) is 10.0 Å². The summed E-state index contributed by atoms with van der Waals surface area (Å²) in [4.78, 5) is 2.12. The van der Waals surface area contributed by atoms with Gasteiger partial charge in [0.25, 0.3) is 0 Å². The average molecular weight is 300 g/mol. The lowest BCUT2D eigenvalue weighted by Crippen LogP contribution is -2.48. The summed E-state index contributed by atoms with van der Waals surface area (Å²) in [6.45, 7) is 2.29. The first kappa shape index (κ1) is 14.9. The normalized spacial score (nSPS) is 17.1. The lowest BCUT2D eigenvalue weighted by molar-refractivity contribution is 0.377. The minimum Gasteiger partial charge on any atom is -0.497 e. The van der Waals surface area contributed by atoms with Crippen LogP contribution >= 0.6 is 0 Å². The number of ether oxygens (including phenoxy) is 2. The van der Waals surface area contributed by atoms with Crippen molar-refractivity contribution in [2.45, 2.75) is 0 Å². The standard InChI is InChI=1S/C13H20N2O4S/c1-18-11-4-5-12(13(10-11)19-2)14-6-8-15(9-7-14)20(3,16)17/h4-5,10H,6-9H2,1-3H3. The van der Waals surface area contributed by atoms with Crippen molar-refractivity contribution >= 4 is 15.7 Å². The van der Waals surface area contributed by atoms with E-state index in [0.29, 0.717) is 26.2 Å². The molecule has 6 nitrogen and oxygen atoms in total. The number of hydrogen-bond donors (Lipinski definition) is 0. The van der Waals surface area contributed by atoms with E-state index in [4.69, 9.17) is 9.47 Å². The summed E-state index contributed by atoms with van der Waals surface area (Å²) in [7, 11) is 0.124. The molecule has 20 heavy (non-hydrogen) atoms. The van der Waals surface area contributed by atoms with E-state index in [0.717, 1.165) is 17.2 Å². The predicted octanol–water partition coefficient (Wildman–Crippen LogP) is 0.785. The zero-order chi connectivity index (χ0) is 14.8. The van der Waals surface area contributed by atoms with E-state index in [-0.39, 0.29) is 0 Å². The Kier molecular flexibility index (Phi) is 4.39. The van der Waals surface area contributed by atoms with Gasteiger partial charge in [0.15, 0.2) is 0 Å². The number of anilines is 1. The Labute approximate surface area is 119 Å². The quantitative estimate of drug-likeness (QED) is 0.822. The Balaban J connectivity index is 2.14. The summed E-state index contributed by atoms with van der Waals surface area (Å²) in [6.07, 6.45) is 1.25. The minimum absolute atomic E-state index is 0.494. The van der Waals surface area contributed by atoms with E-state index in [1.54, 1.807) is 14.2 Å². The number of methoxy groups -OCH3 is 2. The molecule has 0 unspecified atom stereocenters. The number of sulfonamides is 1. The Morgan fingerprint density at radius 1 is 1.05 bits per heavy atom. The molecule has 2 rings (SSSR count). The smallest absolute Gasteiger partial charge is 0.211 e. The van der Waals surface area contributed by atoms with Crippen LogP contribution in [-0.4, -0.2) is 59.4 Å². The zero-order valence-electron chi connectivity index (χ0n) is 12.0. The van der Waals surface area contributed by atoms with Crippen molar-refractivity contribution in [3.63, 3.8) is 0 Å². The molecular weight excluding hydrogens is 280 g/mol. The van der Waals surface area contributed by atoms with Crippen LogP contribution in [0.2, 0.25) is 0 Å². The molecule has 0 amide bonds. The van der Waals surface area contributed by atoms with Crippen molar-refractivity contribution < 1.29 is 17.9 Å². The molecule has 0 aliphatic carbocycles. The third kappa shape index (κ3) is 3.16. The van der Waals surface area contributed by atoms with Crippen LogP contribution in [0.5, 0.6) is 11.5 Å². The van der Waals surface area contributed by atoms with Gasteiger partial charge in [0.2, 0.25) is 10.0 Å². The fourth-order valence-corrected chi connectivity index (χ4v) is 3.13. The Morgan fingerprint density at radius 2 is 1.70 bits per heavy atom. The topological polar surface area (TPSA) is 59.1 Å². The van der Waals surface area contributed by atoms with E-state index in [1.807, 2.05) is 18.2 Å². The molecule has 1 aliphatic rings. The Morgan fingerprint density at radius 3 is 2.20 bits per heavy atom. The number of rotatable bonds is 4. The maximum Gasteiger partial charge on any atom is 0.211 e. The monoisotopic (exact) mass is 300 g/mol. The van der Waals surface area contributed by atoms with Crippen LogP contribution in [0, 0.1) is 0 Å². The molecule has 0 aromatic heterocycles. The molecule has 0 spiro atoms. The summed E-state index contributed by atoms with van der Waals surface area (Å²) in [5, 5.41) is 0. The molecule has 1 heterocycles. The molecule has 1 aromatic carbocycles. The molecule has 1 fully saturated rings. The summed E-state index contributed by atoms with van der Waals surface area (Å²) in [6, 6.07) is 5.65. The summed E-state index contributed by atoms with van der Waals surface area (Å²) >= 11 is 0. The van der Waals surface area contributed by atoms with Gasteiger partial charge in [-0.1, -0.05) is 0 Å². The van der Waals surface area contributed by atoms with Gasteiger partial charge in [-0.25, -0.2) is 8.42 Å². The second-order valence-corrected chi connectivity index (χ2v) is 6.67. The first-order chi connectivity index (χ1) is 9.45. The molecule has 1 aromatic rings. The van der Waals surface area contributed by atoms with Gasteiger partial charge in [-0.05, 0) is 12.1 Å². The van der Waals surface area contributed by atoms with Crippen LogP contribution in [0.4, 0.5) is 5.69 Å². The average Bonchev–Trinajstić information content (AvgIpc) is 2.45. The summed E-state index contributed by atoms with van der Waals surface area (Å²) in [5.41, 5.74) is 0.960. The van der Waals surface area contributed by atoms with Gasteiger partial charge in [-0.15, -0.1) is 0 Å². The van der Waals surface area contributed by atoms with Crippen LogP contribution in [0.3, 0.4) is 0 Å². The second-order valence-electron chi connectivity index (χ2n) is 4.69. The lowest BCUT2D eigenvalue weighted by atomic mass is 10.2. The number of nitrogens with zero attached hydrogens (tertiary/aromatic N) is 2. The lowest BCUT2D eigenvalue weighted by Gasteiger charge is -2.35. The Bertz CT molecular complexity index is 566. The van der Waals surface area contributed by atoms with Crippen LogP contribution < -0.4 is 14.4 Å². The maximum atomic E-state index is 11.5. The van der Waals surface area contributed by atoms with E-state index in [9.17, 15) is 8.42 Å². The second kappa shape index (κ2) is 5.88. The fourth-order valence-electron chi connectivity index (χ4n) is 2.31.